The molecule has 2 rings (SSSR count). The first-order valence-electron chi connectivity index (χ1n) is 8.68. The summed E-state index contributed by atoms with van der Waals surface area (Å²) >= 11 is 0. The highest BCUT2D eigenvalue weighted by Crippen LogP contribution is 2.10. The van der Waals surface area contributed by atoms with E-state index in [4.69, 9.17) is 9.47 Å². The number of nitrogens with zero attached hydrogens (tertiary/aromatic N) is 1. The largest absolute Gasteiger partial charge is 0.379 e. The molecule has 1 saturated heterocycles. The van der Waals surface area contributed by atoms with Crippen LogP contribution in [0.25, 0.3) is 0 Å². The van der Waals surface area contributed by atoms with Crippen LogP contribution >= 0.6 is 0 Å². The van der Waals surface area contributed by atoms with Crippen LogP contribution in [0.1, 0.15) is 25.3 Å². The second-order valence-electron chi connectivity index (χ2n) is 5.94. The van der Waals surface area contributed by atoms with Gasteiger partial charge >= 0.3 is 0 Å². The van der Waals surface area contributed by atoms with Gasteiger partial charge in [-0.25, -0.2) is 0 Å². The lowest BCUT2D eigenvalue weighted by molar-refractivity contribution is -0.114. The normalized spacial score (nSPS) is 17.4. The maximum atomic E-state index is 11.1. The van der Waals surface area contributed by atoms with Crippen molar-refractivity contribution in [1.82, 2.24) is 10.6 Å². The van der Waals surface area contributed by atoms with Crippen LogP contribution < -0.4 is 16.0 Å². The van der Waals surface area contributed by atoms with Crippen LogP contribution in [0.15, 0.2) is 29.3 Å². The van der Waals surface area contributed by atoms with Gasteiger partial charge in [-0.2, -0.15) is 0 Å². The van der Waals surface area contributed by atoms with E-state index < -0.39 is 0 Å². The summed E-state index contributed by atoms with van der Waals surface area (Å²) in [5, 5.41) is 9.32. The molecule has 0 bridgehead atoms. The fourth-order valence-corrected chi connectivity index (χ4v) is 2.54. The number of guanidine groups is 1. The summed E-state index contributed by atoms with van der Waals surface area (Å²) in [4.78, 5) is 15.3. The number of amides is 1. The van der Waals surface area contributed by atoms with Crippen molar-refractivity contribution in [1.29, 1.82) is 0 Å². The van der Waals surface area contributed by atoms with Gasteiger partial charge in [-0.3, -0.25) is 9.79 Å². The van der Waals surface area contributed by atoms with E-state index in [1.54, 1.807) is 7.05 Å². The number of benzene rings is 1. The topological polar surface area (TPSA) is 84.0 Å². The molecule has 0 radical (unpaired) electrons. The molecule has 1 aliphatic rings. The number of nitrogens with one attached hydrogen (secondary N) is 3. The van der Waals surface area contributed by atoms with E-state index in [1.807, 2.05) is 24.3 Å². The van der Waals surface area contributed by atoms with Gasteiger partial charge in [-0.1, -0.05) is 12.1 Å². The van der Waals surface area contributed by atoms with Gasteiger partial charge in [0.05, 0.1) is 12.7 Å². The molecule has 7 heteroatoms. The van der Waals surface area contributed by atoms with Gasteiger partial charge in [-0.15, -0.1) is 0 Å². The van der Waals surface area contributed by atoms with Crippen LogP contribution in [0.3, 0.4) is 0 Å². The number of rotatable bonds is 8. The van der Waals surface area contributed by atoms with Crippen molar-refractivity contribution in [3.63, 3.8) is 0 Å². The zero-order chi connectivity index (χ0) is 17.9. The first kappa shape index (κ1) is 19.2. The van der Waals surface area contributed by atoms with Gasteiger partial charge < -0.3 is 25.4 Å². The predicted octanol–water partition coefficient (Wildman–Crippen LogP) is 1.51. The van der Waals surface area contributed by atoms with Gasteiger partial charge in [0.15, 0.2) is 5.96 Å². The van der Waals surface area contributed by atoms with E-state index in [-0.39, 0.29) is 12.0 Å². The Morgan fingerprint density at radius 1 is 1.40 bits per heavy atom. The summed E-state index contributed by atoms with van der Waals surface area (Å²) < 4.78 is 11.0. The van der Waals surface area contributed by atoms with Gasteiger partial charge in [-0.05, 0) is 30.5 Å². The first-order valence-corrected chi connectivity index (χ1v) is 8.68. The summed E-state index contributed by atoms with van der Waals surface area (Å²) in [5.74, 6) is 0.670. The third-order valence-corrected chi connectivity index (χ3v) is 3.79. The standard InChI is InChI=1S/C18H28N4O3/c1-14(23)22-16-6-3-5-15(11-16)12-21-18(19-2)20-8-4-9-25-17-7-10-24-13-17/h3,5-6,11,17H,4,7-10,12-13H2,1-2H3,(H,22,23)(H2,19,20,21). The van der Waals surface area contributed by atoms with Crippen LogP contribution in [-0.4, -0.2) is 51.4 Å². The lowest BCUT2D eigenvalue weighted by Gasteiger charge is -2.13. The highest BCUT2D eigenvalue weighted by atomic mass is 16.5. The minimum atomic E-state index is -0.0750. The Bertz CT molecular complexity index is 571. The smallest absolute Gasteiger partial charge is 0.221 e. The molecule has 1 amide bonds. The van der Waals surface area contributed by atoms with Gasteiger partial charge in [0.25, 0.3) is 0 Å². The van der Waals surface area contributed by atoms with Gasteiger partial charge in [0.2, 0.25) is 5.91 Å². The number of hydrogen-bond acceptors (Lipinski definition) is 4. The van der Waals surface area contributed by atoms with E-state index >= 15 is 0 Å². The summed E-state index contributed by atoms with van der Waals surface area (Å²) in [7, 11) is 1.75. The SMILES string of the molecule is CN=C(NCCCOC1CCOC1)NCc1cccc(NC(C)=O)c1. The first-order chi connectivity index (χ1) is 12.2. The molecular formula is C18H28N4O3. The number of hydrogen-bond donors (Lipinski definition) is 3. The number of carbonyl (C=O) groups excluding carboxylic acids is 1. The molecule has 25 heavy (non-hydrogen) atoms. The Morgan fingerprint density at radius 3 is 3.00 bits per heavy atom. The van der Waals surface area contributed by atoms with E-state index in [0.717, 1.165) is 49.8 Å². The molecule has 7 nitrogen and oxygen atoms in total. The third-order valence-electron chi connectivity index (χ3n) is 3.79. The van der Waals surface area contributed by atoms with Crippen molar-refractivity contribution in [2.24, 2.45) is 4.99 Å². The molecule has 1 aromatic carbocycles. The molecule has 1 atom stereocenters. The number of anilines is 1. The zero-order valence-corrected chi connectivity index (χ0v) is 15.0. The molecule has 0 aromatic heterocycles. The molecule has 3 N–H and O–H groups in total. The molecule has 0 spiro atoms. The average molecular weight is 348 g/mol. The van der Waals surface area contributed by atoms with Crippen molar-refractivity contribution < 1.29 is 14.3 Å². The summed E-state index contributed by atoms with van der Waals surface area (Å²) in [6.07, 6.45) is 2.16. The summed E-state index contributed by atoms with van der Waals surface area (Å²) in [6.45, 7) is 5.16. The minimum absolute atomic E-state index is 0.0750. The molecule has 138 valence electrons. The van der Waals surface area contributed by atoms with Crippen molar-refractivity contribution in [3.8, 4) is 0 Å². The van der Waals surface area contributed by atoms with Gasteiger partial charge in [0, 0.05) is 46.0 Å². The lowest BCUT2D eigenvalue weighted by Crippen LogP contribution is -2.37. The molecule has 0 aliphatic carbocycles. The fourth-order valence-electron chi connectivity index (χ4n) is 2.54. The Hall–Kier alpha value is -2.12. The van der Waals surface area contributed by atoms with Crippen molar-refractivity contribution in [2.75, 3.05) is 38.7 Å². The summed E-state index contributed by atoms with van der Waals surface area (Å²) in [6, 6.07) is 7.73. The fraction of sp³-hybridized carbons (Fsp3) is 0.556. The van der Waals surface area contributed by atoms with E-state index in [1.165, 1.54) is 6.92 Å². The maximum absolute atomic E-state index is 11.1. The lowest BCUT2D eigenvalue weighted by atomic mass is 10.2. The Kier molecular flexibility index (Phi) is 8.21. The molecule has 1 aliphatic heterocycles. The average Bonchev–Trinajstić information content (AvgIpc) is 3.10. The van der Waals surface area contributed by atoms with E-state index in [0.29, 0.717) is 13.2 Å². The molecule has 0 saturated carbocycles. The Morgan fingerprint density at radius 2 is 2.28 bits per heavy atom. The van der Waals surface area contributed by atoms with Crippen molar-refractivity contribution in [2.45, 2.75) is 32.4 Å². The van der Waals surface area contributed by atoms with Crippen LogP contribution in [0, 0.1) is 0 Å². The Labute approximate surface area is 149 Å². The minimum Gasteiger partial charge on any atom is -0.379 e. The van der Waals surface area contributed by atoms with Gasteiger partial charge in [0.1, 0.15) is 0 Å². The highest BCUT2D eigenvalue weighted by Gasteiger charge is 2.15. The van der Waals surface area contributed by atoms with Crippen LogP contribution in [0.5, 0.6) is 0 Å². The second-order valence-corrected chi connectivity index (χ2v) is 5.94. The van der Waals surface area contributed by atoms with E-state index in [2.05, 4.69) is 20.9 Å². The monoisotopic (exact) mass is 348 g/mol. The highest BCUT2D eigenvalue weighted by molar-refractivity contribution is 5.88. The Balaban J connectivity index is 1.65. The third kappa shape index (κ3) is 7.53. The second kappa shape index (κ2) is 10.7. The van der Waals surface area contributed by atoms with Crippen LogP contribution in [0.4, 0.5) is 5.69 Å². The van der Waals surface area contributed by atoms with E-state index in [9.17, 15) is 4.79 Å². The number of aliphatic imine (C=N–C) groups is 1. The van der Waals surface area contributed by atoms with Crippen molar-refractivity contribution in [3.05, 3.63) is 29.8 Å². The molecule has 1 fully saturated rings. The maximum Gasteiger partial charge on any atom is 0.221 e. The number of carbonyl (C=O) groups is 1. The summed E-state index contributed by atoms with van der Waals surface area (Å²) in [5.41, 5.74) is 1.86. The molecule has 1 aromatic rings. The number of ether oxygens (including phenoxy) is 2. The quantitative estimate of drug-likeness (QED) is 0.377. The van der Waals surface area contributed by atoms with Crippen LogP contribution in [0.2, 0.25) is 0 Å². The van der Waals surface area contributed by atoms with Crippen molar-refractivity contribution >= 4 is 17.6 Å². The van der Waals surface area contributed by atoms with Crippen LogP contribution in [-0.2, 0) is 20.8 Å². The molecule has 1 unspecified atom stereocenters. The molecule has 1 heterocycles. The zero-order valence-electron chi connectivity index (χ0n) is 15.0. The molecular weight excluding hydrogens is 320 g/mol. The predicted molar refractivity (Wildman–Crippen MR) is 98.7 cm³/mol.